The van der Waals surface area contributed by atoms with Gasteiger partial charge in [-0.15, -0.1) is 0 Å². The Morgan fingerprint density at radius 2 is 2.22 bits per heavy atom. The maximum absolute atomic E-state index is 12.8. The van der Waals surface area contributed by atoms with Gasteiger partial charge in [-0.25, -0.2) is 8.42 Å². The van der Waals surface area contributed by atoms with Crippen molar-refractivity contribution in [3.05, 3.63) is 34.5 Å². The van der Waals surface area contributed by atoms with Crippen molar-refractivity contribution < 1.29 is 17.6 Å². The van der Waals surface area contributed by atoms with E-state index in [2.05, 4.69) is 15.9 Å². The Hall–Kier alpha value is -1.34. The quantitative estimate of drug-likeness (QED) is 0.791. The molecule has 5 nitrogen and oxygen atoms in total. The van der Waals surface area contributed by atoms with Crippen LogP contribution in [0.4, 0.5) is 0 Å². The fourth-order valence-electron chi connectivity index (χ4n) is 2.99. The molecule has 0 radical (unpaired) electrons. The predicted octanol–water partition coefficient (Wildman–Crippen LogP) is 3.23. The number of benzene rings is 1. The summed E-state index contributed by atoms with van der Waals surface area (Å²) in [5.74, 6) is 0.209. The smallest absolute Gasteiger partial charge is 0.289 e. The highest BCUT2D eigenvalue weighted by atomic mass is 79.9. The van der Waals surface area contributed by atoms with Gasteiger partial charge in [-0.2, -0.15) is 0 Å². The minimum atomic E-state index is -3.04. The van der Waals surface area contributed by atoms with Gasteiger partial charge in [-0.05, 0) is 40.9 Å². The first-order valence-electron chi connectivity index (χ1n) is 7.61. The van der Waals surface area contributed by atoms with Crippen LogP contribution in [0.25, 0.3) is 11.0 Å². The summed E-state index contributed by atoms with van der Waals surface area (Å²) in [4.78, 5) is 14.5. The van der Waals surface area contributed by atoms with Gasteiger partial charge in [0.1, 0.15) is 5.58 Å². The molecule has 7 heteroatoms. The summed E-state index contributed by atoms with van der Waals surface area (Å²) in [7, 11) is -3.04. The van der Waals surface area contributed by atoms with Crippen LogP contribution < -0.4 is 0 Å². The summed E-state index contributed by atoms with van der Waals surface area (Å²) in [5, 5.41) is 0.846. The Labute approximate surface area is 143 Å². The van der Waals surface area contributed by atoms with Crippen molar-refractivity contribution in [2.24, 2.45) is 0 Å². The van der Waals surface area contributed by atoms with Crippen molar-refractivity contribution in [2.45, 2.75) is 25.8 Å². The zero-order valence-corrected chi connectivity index (χ0v) is 15.2. The lowest BCUT2D eigenvalue weighted by atomic mass is 10.2. The monoisotopic (exact) mass is 399 g/mol. The third-order valence-corrected chi connectivity index (χ3v) is 6.46. The molecule has 0 aliphatic carbocycles. The van der Waals surface area contributed by atoms with E-state index in [1.807, 2.05) is 25.1 Å². The Morgan fingerprint density at radius 1 is 1.43 bits per heavy atom. The number of amides is 1. The molecule has 1 aromatic heterocycles. The molecular formula is C16H18BrNO4S. The van der Waals surface area contributed by atoms with Crippen LogP contribution in [0.3, 0.4) is 0 Å². The summed E-state index contributed by atoms with van der Waals surface area (Å²) in [6.45, 7) is 2.50. The number of halogens is 1. The van der Waals surface area contributed by atoms with Gasteiger partial charge < -0.3 is 9.32 Å². The highest BCUT2D eigenvalue weighted by Gasteiger charge is 2.35. The number of furan rings is 1. The number of hydrogen-bond acceptors (Lipinski definition) is 4. The fourth-order valence-corrected chi connectivity index (χ4v) is 5.18. The van der Waals surface area contributed by atoms with Crippen molar-refractivity contribution in [1.82, 2.24) is 4.90 Å². The molecule has 1 atom stereocenters. The van der Waals surface area contributed by atoms with Crippen molar-refractivity contribution in [2.75, 3.05) is 18.1 Å². The predicted molar refractivity (Wildman–Crippen MR) is 92.3 cm³/mol. The molecular weight excluding hydrogens is 382 g/mol. The zero-order chi connectivity index (χ0) is 16.6. The van der Waals surface area contributed by atoms with E-state index in [0.717, 1.165) is 16.3 Å². The van der Waals surface area contributed by atoms with E-state index in [9.17, 15) is 13.2 Å². The van der Waals surface area contributed by atoms with Gasteiger partial charge in [0.15, 0.2) is 15.6 Å². The average molecular weight is 400 g/mol. The fraction of sp³-hybridized carbons (Fsp3) is 0.438. The number of sulfone groups is 1. The lowest BCUT2D eigenvalue weighted by Gasteiger charge is -2.26. The van der Waals surface area contributed by atoms with E-state index in [4.69, 9.17) is 4.42 Å². The second-order valence-corrected chi connectivity index (χ2v) is 8.91. The van der Waals surface area contributed by atoms with Crippen LogP contribution in [0.5, 0.6) is 0 Å². The van der Waals surface area contributed by atoms with Gasteiger partial charge in [-0.3, -0.25) is 4.79 Å². The van der Waals surface area contributed by atoms with E-state index in [1.165, 1.54) is 0 Å². The van der Waals surface area contributed by atoms with Crippen molar-refractivity contribution in [3.8, 4) is 0 Å². The Bertz CT molecular complexity index is 843. The Morgan fingerprint density at radius 3 is 2.83 bits per heavy atom. The lowest BCUT2D eigenvalue weighted by molar-refractivity contribution is 0.0667. The van der Waals surface area contributed by atoms with Crippen LogP contribution in [0.15, 0.2) is 33.2 Å². The standard InChI is InChI=1S/C16H18BrNO4S/c1-2-7-18(12-6-8-23(20,21)10-12)16(19)14-9-11-4-3-5-13(17)15(11)22-14/h3-5,9,12H,2,6-8,10H2,1H3. The Kier molecular flexibility index (Phi) is 4.51. The number of hydrogen-bond donors (Lipinski definition) is 0. The first-order chi connectivity index (χ1) is 10.9. The number of para-hydroxylation sites is 1. The number of fused-ring (bicyclic) bond motifs is 1. The molecule has 3 rings (SSSR count). The maximum Gasteiger partial charge on any atom is 0.289 e. The first kappa shape index (κ1) is 16.5. The number of rotatable bonds is 4. The molecule has 1 aromatic carbocycles. The largest absolute Gasteiger partial charge is 0.450 e. The van der Waals surface area contributed by atoms with Crippen LogP contribution in [-0.2, 0) is 9.84 Å². The topological polar surface area (TPSA) is 67.6 Å². The SMILES string of the molecule is CCCN(C(=O)c1cc2cccc(Br)c2o1)C1CCS(=O)(=O)C1. The molecule has 2 aromatic rings. The molecule has 0 spiro atoms. The normalized spacial score (nSPS) is 20.0. The van der Waals surface area contributed by atoms with Gasteiger partial charge >= 0.3 is 0 Å². The summed E-state index contributed by atoms with van der Waals surface area (Å²) in [6, 6.07) is 7.07. The van der Waals surface area contributed by atoms with E-state index >= 15 is 0 Å². The molecule has 1 saturated heterocycles. The molecule has 1 fully saturated rings. The van der Waals surface area contributed by atoms with Crippen LogP contribution in [0.2, 0.25) is 0 Å². The average Bonchev–Trinajstić information content (AvgIpc) is 3.08. The highest BCUT2D eigenvalue weighted by Crippen LogP contribution is 2.28. The van der Waals surface area contributed by atoms with Crippen LogP contribution in [0, 0.1) is 0 Å². The second kappa shape index (κ2) is 6.28. The number of nitrogens with zero attached hydrogens (tertiary/aromatic N) is 1. The molecule has 0 N–H and O–H groups in total. The van der Waals surface area contributed by atoms with E-state index in [-0.39, 0.29) is 29.2 Å². The van der Waals surface area contributed by atoms with Crippen molar-refractivity contribution >= 4 is 42.6 Å². The molecule has 23 heavy (non-hydrogen) atoms. The molecule has 1 aliphatic rings. The van der Waals surface area contributed by atoms with Crippen LogP contribution in [0.1, 0.15) is 30.3 Å². The lowest BCUT2D eigenvalue weighted by Crippen LogP contribution is -2.41. The van der Waals surface area contributed by atoms with Gasteiger partial charge in [0.05, 0.1) is 16.0 Å². The molecule has 1 amide bonds. The molecule has 2 heterocycles. The van der Waals surface area contributed by atoms with Gasteiger partial charge in [0.2, 0.25) is 0 Å². The molecule has 1 unspecified atom stereocenters. The van der Waals surface area contributed by atoms with Crippen LogP contribution >= 0.6 is 15.9 Å². The Balaban J connectivity index is 1.92. The minimum Gasteiger partial charge on any atom is -0.450 e. The van der Waals surface area contributed by atoms with E-state index in [1.54, 1.807) is 11.0 Å². The number of carbonyl (C=O) groups is 1. The molecule has 0 saturated carbocycles. The number of carbonyl (C=O) groups excluding carboxylic acids is 1. The summed E-state index contributed by atoms with van der Waals surface area (Å²) >= 11 is 3.41. The summed E-state index contributed by atoms with van der Waals surface area (Å²) in [5.41, 5.74) is 0.631. The zero-order valence-electron chi connectivity index (χ0n) is 12.8. The van der Waals surface area contributed by atoms with Crippen molar-refractivity contribution in [1.29, 1.82) is 0 Å². The summed E-state index contributed by atoms with van der Waals surface area (Å²) < 4.78 is 30.0. The molecule has 124 valence electrons. The third-order valence-electron chi connectivity index (χ3n) is 4.08. The van der Waals surface area contributed by atoms with Crippen molar-refractivity contribution in [3.63, 3.8) is 0 Å². The van der Waals surface area contributed by atoms with Gasteiger partial charge in [0.25, 0.3) is 5.91 Å². The minimum absolute atomic E-state index is 0.0443. The first-order valence-corrected chi connectivity index (χ1v) is 10.2. The highest BCUT2D eigenvalue weighted by molar-refractivity contribution is 9.10. The third kappa shape index (κ3) is 3.30. The van der Waals surface area contributed by atoms with Gasteiger partial charge in [-0.1, -0.05) is 19.1 Å². The van der Waals surface area contributed by atoms with E-state index < -0.39 is 9.84 Å². The van der Waals surface area contributed by atoms with Gasteiger partial charge in [0, 0.05) is 18.0 Å². The van der Waals surface area contributed by atoms with Crippen LogP contribution in [-0.4, -0.2) is 43.3 Å². The maximum atomic E-state index is 12.8. The molecule has 1 aliphatic heterocycles. The second-order valence-electron chi connectivity index (χ2n) is 5.82. The molecule has 0 bridgehead atoms. The van der Waals surface area contributed by atoms with E-state index in [0.29, 0.717) is 18.5 Å². The summed E-state index contributed by atoms with van der Waals surface area (Å²) in [6.07, 6.45) is 1.27.